The number of hydrogen-bond donors (Lipinski definition) is 4. The minimum atomic E-state index is -1.05. The van der Waals surface area contributed by atoms with Gasteiger partial charge in [-0.2, -0.15) is 0 Å². The molecule has 0 unspecified atom stereocenters. The zero-order valence-corrected chi connectivity index (χ0v) is 29.4. The predicted molar refractivity (Wildman–Crippen MR) is 207 cm³/mol. The fourth-order valence-electron chi connectivity index (χ4n) is 6.06. The summed E-state index contributed by atoms with van der Waals surface area (Å²) in [5.74, 6) is -0.905. The molecule has 0 aliphatic rings. The predicted octanol–water partition coefficient (Wildman–Crippen LogP) is 8.85. The highest BCUT2D eigenvalue weighted by atomic mass is 32.1. The summed E-state index contributed by atoms with van der Waals surface area (Å²) in [5.41, 5.74) is 5.69. The summed E-state index contributed by atoms with van der Waals surface area (Å²) >= 11 is 1.36. The lowest BCUT2D eigenvalue weighted by atomic mass is 10.0. The number of thiazole rings is 1. The van der Waals surface area contributed by atoms with Gasteiger partial charge < -0.3 is 25.5 Å². The van der Waals surface area contributed by atoms with Crippen LogP contribution in [0.5, 0.6) is 5.75 Å². The highest BCUT2D eigenvalue weighted by Crippen LogP contribution is 2.35. The van der Waals surface area contributed by atoms with Crippen molar-refractivity contribution in [1.29, 1.82) is 0 Å². The number of para-hydroxylation sites is 1. The first-order chi connectivity index (χ1) is 25.9. The largest absolute Gasteiger partial charge is 0.489 e. The van der Waals surface area contributed by atoms with Crippen LogP contribution in [0.25, 0.3) is 21.3 Å². The topological polar surface area (TPSA) is 133 Å². The van der Waals surface area contributed by atoms with E-state index in [1.54, 1.807) is 12.1 Å². The summed E-state index contributed by atoms with van der Waals surface area (Å²) in [6.45, 7) is 0.450. The van der Waals surface area contributed by atoms with Gasteiger partial charge in [-0.15, -0.1) is 11.3 Å². The van der Waals surface area contributed by atoms with E-state index in [0.29, 0.717) is 35.0 Å². The Balaban J connectivity index is 1.15. The first-order valence-electron chi connectivity index (χ1n) is 17.2. The summed E-state index contributed by atoms with van der Waals surface area (Å²) in [6, 6.07) is 40.7. The number of nitrogens with zero attached hydrogens (tertiary/aromatic N) is 1. The van der Waals surface area contributed by atoms with E-state index >= 15 is 0 Å². The minimum absolute atomic E-state index is 0.114. The summed E-state index contributed by atoms with van der Waals surface area (Å²) < 4.78 is 6.00. The second-order valence-corrected chi connectivity index (χ2v) is 13.6. The van der Waals surface area contributed by atoms with Gasteiger partial charge in [-0.25, -0.2) is 9.78 Å². The van der Waals surface area contributed by atoms with Crippen LogP contribution >= 0.6 is 11.3 Å². The van der Waals surface area contributed by atoms with Gasteiger partial charge in [0.15, 0.2) is 0 Å². The first-order valence-corrected chi connectivity index (χ1v) is 18.0. The van der Waals surface area contributed by atoms with Crippen LogP contribution in [-0.2, 0) is 24.2 Å². The zero-order chi connectivity index (χ0) is 36.6. The molecule has 1 atom stereocenters. The van der Waals surface area contributed by atoms with Gasteiger partial charge in [0, 0.05) is 29.2 Å². The molecule has 0 spiro atoms. The number of aromatic carboxylic acids is 1. The smallest absolute Gasteiger partial charge is 0.335 e. The zero-order valence-electron chi connectivity index (χ0n) is 28.6. The lowest BCUT2D eigenvalue weighted by Gasteiger charge is -2.17. The van der Waals surface area contributed by atoms with Crippen molar-refractivity contribution in [2.75, 3.05) is 5.32 Å². The van der Waals surface area contributed by atoms with Crippen molar-refractivity contribution >= 4 is 45.7 Å². The van der Waals surface area contributed by atoms with E-state index in [-0.39, 0.29) is 23.6 Å². The average Bonchev–Trinajstić information content (AvgIpc) is 3.83. The maximum Gasteiger partial charge on any atom is 0.335 e. The van der Waals surface area contributed by atoms with E-state index in [1.165, 1.54) is 23.5 Å². The number of anilines is 1. The molecule has 0 saturated carbocycles. The molecule has 0 aliphatic heterocycles. The third-order valence-corrected chi connectivity index (χ3v) is 10.0. The van der Waals surface area contributed by atoms with Gasteiger partial charge in [-0.1, -0.05) is 91.0 Å². The molecule has 2 amide bonds. The fourth-order valence-corrected chi connectivity index (χ4v) is 7.18. The Morgan fingerprint density at radius 3 is 2.23 bits per heavy atom. The Labute approximate surface area is 310 Å². The Hall–Kier alpha value is -6.52. The summed E-state index contributed by atoms with van der Waals surface area (Å²) in [4.78, 5) is 47.6. The molecule has 0 bridgehead atoms. The molecule has 0 radical (unpaired) electrons. The van der Waals surface area contributed by atoms with E-state index in [4.69, 9.17) is 9.72 Å². The number of carboxylic acid groups (broad SMARTS) is 1. The third-order valence-electron chi connectivity index (χ3n) is 8.83. The van der Waals surface area contributed by atoms with Crippen LogP contribution < -0.4 is 15.4 Å². The van der Waals surface area contributed by atoms with Crippen molar-refractivity contribution in [2.45, 2.75) is 31.9 Å². The number of benzene rings is 5. The molecule has 5 aromatic carbocycles. The molecule has 7 rings (SSSR count). The van der Waals surface area contributed by atoms with Gasteiger partial charge in [0.25, 0.3) is 5.91 Å². The number of nitrogens with one attached hydrogen (secondary N) is 3. The number of rotatable bonds is 14. The number of H-pyrrole nitrogens is 1. The van der Waals surface area contributed by atoms with E-state index < -0.39 is 17.9 Å². The summed E-state index contributed by atoms with van der Waals surface area (Å²) in [7, 11) is 0. The summed E-state index contributed by atoms with van der Waals surface area (Å²) in [5, 5.41) is 17.1. The number of ether oxygens (including phenoxy) is 1. The molecular weight excluding hydrogens is 685 g/mol. The Morgan fingerprint density at radius 1 is 0.792 bits per heavy atom. The lowest BCUT2D eigenvalue weighted by Crippen LogP contribution is -2.30. The van der Waals surface area contributed by atoms with Gasteiger partial charge in [-0.05, 0) is 77.6 Å². The number of amides is 2. The van der Waals surface area contributed by atoms with Crippen LogP contribution in [0.3, 0.4) is 0 Å². The number of carbonyl (C=O) groups is 3. The number of carboxylic acids is 1. The standard InChI is InChI=1S/C43H36N4O5S/c48-38(24-19-32-26-44-36-14-8-7-13-35(32)36)46-37(25-28-15-22-34(23-16-28)52-27-29-9-3-1-4-10-29)42-47-39(40(53-42)30-11-5-2-6-12-30)41(49)45-33-20-17-31(18-21-33)43(50)51/h1-18,20-23,26,37,44H,19,24-25,27H2,(H,45,49)(H,46,48)(H,50,51)/t37-/m0/s1. The number of fused-ring (bicyclic) bond motifs is 1. The first kappa shape index (κ1) is 34.9. The number of aromatic amines is 1. The van der Waals surface area contributed by atoms with Gasteiger partial charge in [-0.3, -0.25) is 9.59 Å². The third kappa shape index (κ3) is 8.69. The van der Waals surface area contributed by atoms with Crippen LogP contribution in [0, 0.1) is 0 Å². The molecule has 4 N–H and O–H groups in total. The normalized spacial score (nSPS) is 11.5. The quantitative estimate of drug-likeness (QED) is 0.0888. The highest BCUT2D eigenvalue weighted by molar-refractivity contribution is 7.15. The number of carbonyl (C=O) groups excluding carboxylic acids is 2. The molecular formula is C43H36N4O5S. The number of hydrogen-bond acceptors (Lipinski definition) is 6. The number of aryl methyl sites for hydroxylation is 1. The Kier molecular flexibility index (Phi) is 10.7. The second kappa shape index (κ2) is 16.2. The van der Waals surface area contributed by atoms with E-state index in [2.05, 4.69) is 15.6 Å². The van der Waals surface area contributed by atoms with Crippen molar-refractivity contribution in [1.82, 2.24) is 15.3 Å². The van der Waals surface area contributed by atoms with E-state index in [9.17, 15) is 19.5 Å². The van der Waals surface area contributed by atoms with Crippen LogP contribution in [-0.4, -0.2) is 32.9 Å². The minimum Gasteiger partial charge on any atom is -0.489 e. The molecule has 2 aromatic heterocycles. The van der Waals surface area contributed by atoms with Gasteiger partial charge >= 0.3 is 5.97 Å². The van der Waals surface area contributed by atoms with Crippen molar-refractivity contribution < 1.29 is 24.2 Å². The van der Waals surface area contributed by atoms with E-state index in [1.807, 2.05) is 115 Å². The molecule has 10 heteroatoms. The maximum atomic E-state index is 13.8. The monoisotopic (exact) mass is 720 g/mol. The molecule has 0 aliphatic carbocycles. The van der Waals surface area contributed by atoms with Gasteiger partial charge in [0.05, 0.1) is 16.5 Å². The van der Waals surface area contributed by atoms with Crippen LogP contribution in [0.4, 0.5) is 5.69 Å². The van der Waals surface area contributed by atoms with Crippen molar-refractivity contribution in [2.24, 2.45) is 0 Å². The molecule has 9 nitrogen and oxygen atoms in total. The van der Waals surface area contributed by atoms with Crippen LogP contribution in [0.2, 0.25) is 0 Å². The molecule has 0 fully saturated rings. The highest BCUT2D eigenvalue weighted by Gasteiger charge is 2.26. The summed E-state index contributed by atoms with van der Waals surface area (Å²) in [6.07, 6.45) is 3.19. The SMILES string of the molecule is O=C(CCc1c[nH]c2ccccc12)N[C@@H](Cc1ccc(OCc2ccccc2)cc1)c1nc(C(=O)Nc2ccc(C(=O)O)cc2)c(-c2ccccc2)s1. The molecule has 0 saturated heterocycles. The maximum absolute atomic E-state index is 13.8. The molecule has 53 heavy (non-hydrogen) atoms. The van der Waals surface area contributed by atoms with Crippen LogP contribution in [0.1, 0.15) is 55.0 Å². The van der Waals surface area contributed by atoms with Crippen molar-refractivity contribution in [3.05, 3.63) is 173 Å². The van der Waals surface area contributed by atoms with E-state index in [0.717, 1.165) is 38.9 Å². The number of aromatic nitrogens is 2. The second-order valence-electron chi connectivity index (χ2n) is 12.5. The van der Waals surface area contributed by atoms with Crippen molar-refractivity contribution in [3.63, 3.8) is 0 Å². The fraction of sp³-hybridized carbons (Fsp3) is 0.116. The van der Waals surface area contributed by atoms with Crippen LogP contribution in [0.15, 0.2) is 140 Å². The Bertz CT molecular complexity index is 2340. The Morgan fingerprint density at radius 2 is 1.49 bits per heavy atom. The molecule has 264 valence electrons. The van der Waals surface area contributed by atoms with Gasteiger partial charge in [0.1, 0.15) is 23.1 Å². The molecule has 7 aromatic rings. The van der Waals surface area contributed by atoms with Crippen molar-refractivity contribution in [3.8, 4) is 16.2 Å². The van der Waals surface area contributed by atoms with Gasteiger partial charge in [0.2, 0.25) is 5.91 Å². The lowest BCUT2D eigenvalue weighted by molar-refractivity contribution is -0.121. The average molecular weight is 721 g/mol. The molecule has 2 heterocycles.